The molecule has 1 atom stereocenters. The number of halogens is 2. The van der Waals surface area contributed by atoms with E-state index in [4.69, 9.17) is 0 Å². The SMILES string of the molecule is CC(C)C(C)C1=CC=[C-]C1.[C-]1=CC=CC1.[Cl-].[Cl-].[Zr+2]. The molecule has 1 unspecified atom stereocenters. The van der Waals surface area contributed by atoms with E-state index in [2.05, 4.69) is 45.1 Å². The Bertz CT molecular complexity index is 292. The number of hydrogen-bond donors (Lipinski definition) is 0. The summed E-state index contributed by atoms with van der Waals surface area (Å²) in [6, 6.07) is 0. The van der Waals surface area contributed by atoms with Crippen LogP contribution in [0.4, 0.5) is 0 Å². The van der Waals surface area contributed by atoms with Crippen molar-refractivity contribution >= 4 is 0 Å². The molecule has 0 fully saturated rings. The van der Waals surface area contributed by atoms with Crippen LogP contribution in [0.15, 0.2) is 36.0 Å². The summed E-state index contributed by atoms with van der Waals surface area (Å²) in [5, 5.41) is 0. The van der Waals surface area contributed by atoms with Crippen LogP contribution in [0.1, 0.15) is 33.6 Å². The summed E-state index contributed by atoms with van der Waals surface area (Å²) in [6.45, 7) is 6.82. The van der Waals surface area contributed by atoms with Gasteiger partial charge in [0.2, 0.25) is 0 Å². The van der Waals surface area contributed by atoms with E-state index in [9.17, 15) is 0 Å². The van der Waals surface area contributed by atoms with Gasteiger partial charge < -0.3 is 24.8 Å². The molecule has 0 bridgehead atoms. The molecule has 2 aliphatic carbocycles. The van der Waals surface area contributed by atoms with E-state index in [1.165, 1.54) is 5.57 Å². The third-order valence-corrected chi connectivity index (χ3v) is 2.89. The van der Waals surface area contributed by atoms with Crippen LogP contribution < -0.4 is 24.8 Å². The minimum atomic E-state index is 0. The summed E-state index contributed by atoms with van der Waals surface area (Å²) in [5.74, 6) is 1.49. The maximum absolute atomic E-state index is 3.19. The molecule has 0 aromatic rings. The first kappa shape index (κ1) is 23.5. The fraction of sp³-hybridized carbons (Fsp3) is 0.467. The Morgan fingerprint density at radius 1 is 1.06 bits per heavy atom. The third kappa shape index (κ3) is 9.37. The van der Waals surface area contributed by atoms with Crippen LogP contribution in [0, 0.1) is 24.0 Å². The van der Waals surface area contributed by atoms with Gasteiger partial charge in [-0.15, -0.1) is 12.8 Å². The minimum Gasteiger partial charge on any atom is -1.00 e. The van der Waals surface area contributed by atoms with Gasteiger partial charge in [0, 0.05) is 0 Å². The van der Waals surface area contributed by atoms with Crippen molar-refractivity contribution in [2.75, 3.05) is 0 Å². The van der Waals surface area contributed by atoms with Gasteiger partial charge in [-0.05, 0) is 11.8 Å². The predicted molar refractivity (Wildman–Crippen MR) is 66.1 cm³/mol. The molecule has 2 rings (SSSR count). The second kappa shape index (κ2) is 13.8. The summed E-state index contributed by atoms with van der Waals surface area (Å²) >= 11 is 0. The summed E-state index contributed by atoms with van der Waals surface area (Å²) in [6.07, 6.45) is 18.5. The van der Waals surface area contributed by atoms with E-state index in [1.807, 2.05) is 18.2 Å². The van der Waals surface area contributed by atoms with Crippen LogP contribution in [0.2, 0.25) is 0 Å². The Morgan fingerprint density at radius 3 is 2.00 bits per heavy atom. The monoisotopic (exact) mass is 360 g/mol. The van der Waals surface area contributed by atoms with E-state index in [0.29, 0.717) is 0 Å². The first-order valence-corrected chi connectivity index (χ1v) is 5.69. The normalized spacial score (nSPS) is 15.9. The van der Waals surface area contributed by atoms with Crippen molar-refractivity contribution in [2.24, 2.45) is 11.8 Å². The molecule has 0 aliphatic heterocycles. The Kier molecular flexibility index (Phi) is 18.1. The predicted octanol–water partition coefficient (Wildman–Crippen LogP) is -1.72. The molecule has 2 aliphatic rings. The Balaban J connectivity index is -0.000000245. The van der Waals surface area contributed by atoms with Gasteiger partial charge in [0.05, 0.1) is 0 Å². The smallest absolute Gasteiger partial charge is 1.00 e. The topological polar surface area (TPSA) is 0 Å². The third-order valence-electron chi connectivity index (χ3n) is 2.89. The quantitative estimate of drug-likeness (QED) is 0.513. The maximum atomic E-state index is 3.19. The van der Waals surface area contributed by atoms with Crippen LogP contribution in [0.25, 0.3) is 0 Å². The molecule has 0 aromatic heterocycles. The van der Waals surface area contributed by atoms with Crippen LogP contribution in [-0.4, -0.2) is 0 Å². The van der Waals surface area contributed by atoms with E-state index >= 15 is 0 Å². The summed E-state index contributed by atoms with van der Waals surface area (Å²) < 4.78 is 0. The summed E-state index contributed by atoms with van der Waals surface area (Å²) in [7, 11) is 0. The average molecular weight is 362 g/mol. The van der Waals surface area contributed by atoms with Gasteiger partial charge in [0.1, 0.15) is 0 Å². The van der Waals surface area contributed by atoms with Crippen molar-refractivity contribution in [3.8, 4) is 0 Å². The molecule has 0 saturated heterocycles. The van der Waals surface area contributed by atoms with Crippen molar-refractivity contribution in [2.45, 2.75) is 33.6 Å². The molecule has 0 spiro atoms. The zero-order valence-corrected chi connectivity index (χ0v) is 15.2. The van der Waals surface area contributed by atoms with Crippen LogP contribution in [0.5, 0.6) is 0 Å². The van der Waals surface area contributed by atoms with Crippen molar-refractivity contribution in [1.29, 1.82) is 0 Å². The number of rotatable bonds is 2. The van der Waals surface area contributed by atoms with Crippen molar-refractivity contribution in [3.05, 3.63) is 48.1 Å². The van der Waals surface area contributed by atoms with Crippen molar-refractivity contribution < 1.29 is 51.0 Å². The largest absolute Gasteiger partial charge is 2.00 e. The molecule has 18 heavy (non-hydrogen) atoms. The van der Waals surface area contributed by atoms with E-state index < -0.39 is 0 Å². The zero-order valence-electron chi connectivity index (χ0n) is 11.2. The summed E-state index contributed by atoms with van der Waals surface area (Å²) in [5.41, 5.74) is 1.54. The molecule has 0 aromatic carbocycles. The van der Waals surface area contributed by atoms with Gasteiger partial charge in [-0.25, -0.2) is 24.3 Å². The average Bonchev–Trinajstić information content (AvgIpc) is 2.92. The second-order valence-corrected chi connectivity index (χ2v) is 4.32. The Morgan fingerprint density at radius 2 is 1.72 bits per heavy atom. The number of hydrogen-bond acceptors (Lipinski definition) is 0. The summed E-state index contributed by atoms with van der Waals surface area (Å²) in [4.78, 5) is 0. The van der Waals surface area contributed by atoms with Gasteiger partial charge in [-0.3, -0.25) is 12.2 Å². The molecule has 0 saturated carbocycles. The first-order chi connectivity index (χ1) is 7.22. The molecular formula is C15H20Cl2Zr-2. The Labute approximate surface area is 144 Å². The van der Waals surface area contributed by atoms with Crippen molar-refractivity contribution in [3.63, 3.8) is 0 Å². The minimum absolute atomic E-state index is 0. The molecule has 0 nitrogen and oxygen atoms in total. The molecule has 0 heterocycles. The van der Waals surface area contributed by atoms with Crippen LogP contribution in [-0.2, 0) is 26.2 Å². The number of allylic oxidation sites excluding steroid dienone is 8. The molecule has 0 N–H and O–H groups in total. The van der Waals surface area contributed by atoms with Gasteiger partial charge in [0.25, 0.3) is 0 Å². The van der Waals surface area contributed by atoms with Crippen LogP contribution in [0.3, 0.4) is 0 Å². The van der Waals surface area contributed by atoms with E-state index in [0.717, 1.165) is 24.7 Å². The fourth-order valence-electron chi connectivity index (χ4n) is 1.48. The molecule has 100 valence electrons. The standard InChI is InChI=1S/C10H15.C5H5.2ClH.Zr/c1-8(2)9(3)10-6-4-5-7-10;1-2-4-5-3-1;;;/h4,6,8-9H,7H2,1-3H3;1-3H,4H2;2*1H;/q2*-1;;;+2/p-2. The second-order valence-electron chi connectivity index (χ2n) is 4.32. The molecule has 0 amide bonds. The molecule has 3 heteroatoms. The fourth-order valence-corrected chi connectivity index (χ4v) is 1.48. The van der Waals surface area contributed by atoms with E-state index in [1.54, 1.807) is 0 Å². The van der Waals surface area contributed by atoms with Gasteiger partial charge in [0.15, 0.2) is 0 Å². The molecular weight excluding hydrogens is 342 g/mol. The van der Waals surface area contributed by atoms with Crippen molar-refractivity contribution in [1.82, 2.24) is 0 Å². The maximum Gasteiger partial charge on any atom is 2.00 e. The van der Waals surface area contributed by atoms with Gasteiger partial charge in [-0.2, -0.15) is 11.6 Å². The zero-order chi connectivity index (χ0) is 11.1. The van der Waals surface area contributed by atoms with Gasteiger partial charge in [-0.1, -0.05) is 20.8 Å². The van der Waals surface area contributed by atoms with E-state index in [-0.39, 0.29) is 51.0 Å². The van der Waals surface area contributed by atoms with Gasteiger partial charge >= 0.3 is 26.2 Å². The Hall–Kier alpha value is 0.423. The first-order valence-electron chi connectivity index (χ1n) is 5.69. The van der Waals surface area contributed by atoms with Crippen LogP contribution >= 0.6 is 0 Å². The molecule has 0 radical (unpaired) electrons.